The number of hydrogen-bond donors (Lipinski definition) is 0. The Morgan fingerprint density at radius 2 is 2.00 bits per heavy atom. The minimum absolute atomic E-state index is 0.0140. The molecule has 0 radical (unpaired) electrons. The molecule has 0 saturated heterocycles. The molecule has 0 N–H and O–H groups in total. The van der Waals surface area contributed by atoms with E-state index in [1.807, 2.05) is 0 Å². The van der Waals surface area contributed by atoms with Gasteiger partial charge in [-0.15, -0.1) is 0 Å². The van der Waals surface area contributed by atoms with E-state index in [9.17, 15) is 18.0 Å². The molecule has 0 aliphatic carbocycles. The van der Waals surface area contributed by atoms with Crippen molar-refractivity contribution in [1.82, 2.24) is 0 Å². The zero-order chi connectivity index (χ0) is 14.9. The molecule has 3 nitrogen and oxygen atoms in total. The Kier molecular flexibility index (Phi) is 3.55. The zero-order valence-corrected chi connectivity index (χ0v) is 10.4. The molecule has 0 bridgehead atoms. The molecule has 2 rings (SSSR count). The summed E-state index contributed by atoms with van der Waals surface area (Å²) in [6.07, 6.45) is -4.17. The largest absolute Gasteiger partial charge is 0.453 e. The molecule has 1 heterocycles. The van der Waals surface area contributed by atoms with Crippen LogP contribution in [-0.2, 0) is 6.18 Å². The Morgan fingerprint density at radius 3 is 2.50 bits per heavy atom. The van der Waals surface area contributed by atoms with Gasteiger partial charge in [0.25, 0.3) is 0 Å². The maximum absolute atomic E-state index is 12.6. The number of furan rings is 1. The second kappa shape index (κ2) is 5.02. The molecule has 0 amide bonds. The summed E-state index contributed by atoms with van der Waals surface area (Å²) in [6.45, 7) is 0. The zero-order valence-electron chi connectivity index (χ0n) is 9.66. The van der Waals surface area contributed by atoms with Crippen molar-refractivity contribution in [1.29, 1.82) is 5.26 Å². The lowest BCUT2D eigenvalue weighted by atomic mass is 10.0. The summed E-state index contributed by atoms with van der Waals surface area (Å²) in [6, 6.07) is 5.73. The van der Waals surface area contributed by atoms with Crippen LogP contribution in [0.15, 0.2) is 28.7 Å². The first kappa shape index (κ1) is 14.2. The molecule has 7 heteroatoms. The van der Waals surface area contributed by atoms with Crippen molar-refractivity contribution in [3.63, 3.8) is 0 Å². The number of nitriles is 1. The van der Waals surface area contributed by atoms with Gasteiger partial charge < -0.3 is 4.42 Å². The van der Waals surface area contributed by atoms with E-state index in [0.717, 1.165) is 0 Å². The first-order valence-corrected chi connectivity index (χ1v) is 5.61. The number of nitrogens with zero attached hydrogens (tertiary/aromatic N) is 1. The Labute approximate surface area is 116 Å². The summed E-state index contributed by atoms with van der Waals surface area (Å²) in [4.78, 5) is 10.5. The number of aldehydes is 1. The van der Waals surface area contributed by atoms with Crippen molar-refractivity contribution in [2.24, 2.45) is 0 Å². The molecule has 0 unspecified atom stereocenters. The maximum Gasteiger partial charge on any atom is 0.416 e. The van der Waals surface area contributed by atoms with Crippen LogP contribution in [0.1, 0.15) is 21.7 Å². The monoisotopic (exact) mass is 299 g/mol. The molecule has 20 heavy (non-hydrogen) atoms. The number of rotatable bonds is 2. The smallest absolute Gasteiger partial charge is 0.416 e. The third kappa shape index (κ3) is 2.53. The van der Waals surface area contributed by atoms with Crippen LogP contribution in [0.25, 0.3) is 11.3 Å². The van der Waals surface area contributed by atoms with Crippen molar-refractivity contribution in [3.05, 3.63) is 46.2 Å². The highest BCUT2D eigenvalue weighted by molar-refractivity contribution is 6.33. The summed E-state index contributed by atoms with van der Waals surface area (Å²) in [5.41, 5.74) is -1.28. The van der Waals surface area contributed by atoms with Crippen LogP contribution in [0.2, 0.25) is 5.02 Å². The molecule has 0 aliphatic rings. The molecule has 2 aromatic rings. The summed E-state index contributed by atoms with van der Waals surface area (Å²) in [7, 11) is 0. The quantitative estimate of drug-likeness (QED) is 0.777. The van der Waals surface area contributed by atoms with E-state index in [0.29, 0.717) is 18.4 Å². The van der Waals surface area contributed by atoms with Crippen molar-refractivity contribution in [2.75, 3.05) is 0 Å². The SMILES string of the molecule is N#Cc1cc(C(F)(F)F)cc(Cl)c1-c1ccc(C=O)o1. The van der Waals surface area contributed by atoms with Gasteiger partial charge in [0, 0.05) is 0 Å². The van der Waals surface area contributed by atoms with E-state index in [1.165, 1.54) is 12.1 Å². The van der Waals surface area contributed by atoms with E-state index in [-0.39, 0.29) is 27.7 Å². The van der Waals surface area contributed by atoms with Crippen LogP contribution >= 0.6 is 11.6 Å². The number of benzene rings is 1. The van der Waals surface area contributed by atoms with Crippen LogP contribution in [0, 0.1) is 11.3 Å². The number of halogens is 4. The van der Waals surface area contributed by atoms with Crippen molar-refractivity contribution in [3.8, 4) is 17.4 Å². The van der Waals surface area contributed by atoms with Gasteiger partial charge in [-0.1, -0.05) is 11.6 Å². The lowest BCUT2D eigenvalue weighted by Gasteiger charge is -2.10. The molecular formula is C13H5ClF3NO2. The maximum atomic E-state index is 12.6. The van der Waals surface area contributed by atoms with Crippen molar-refractivity contribution in [2.45, 2.75) is 6.18 Å². The average molecular weight is 300 g/mol. The second-order valence-corrected chi connectivity index (χ2v) is 4.22. The number of carbonyl (C=O) groups excluding carboxylic acids is 1. The molecule has 0 aliphatic heterocycles. The van der Waals surface area contributed by atoms with E-state index < -0.39 is 11.7 Å². The Morgan fingerprint density at radius 1 is 1.30 bits per heavy atom. The predicted molar refractivity (Wildman–Crippen MR) is 64.3 cm³/mol. The predicted octanol–water partition coefficient (Wildman–Crippen LogP) is 4.30. The number of hydrogen-bond acceptors (Lipinski definition) is 3. The first-order valence-electron chi connectivity index (χ1n) is 5.23. The Bertz CT molecular complexity index is 713. The highest BCUT2D eigenvalue weighted by atomic mass is 35.5. The summed E-state index contributed by atoms with van der Waals surface area (Å²) >= 11 is 5.81. The Hall–Kier alpha value is -2.26. The third-order valence-electron chi connectivity index (χ3n) is 2.53. The highest BCUT2D eigenvalue weighted by Gasteiger charge is 2.32. The lowest BCUT2D eigenvalue weighted by molar-refractivity contribution is -0.137. The fourth-order valence-corrected chi connectivity index (χ4v) is 1.97. The van der Waals surface area contributed by atoms with E-state index >= 15 is 0 Å². The molecular weight excluding hydrogens is 295 g/mol. The fraction of sp³-hybridized carbons (Fsp3) is 0.0769. The van der Waals surface area contributed by atoms with Crippen LogP contribution in [0.5, 0.6) is 0 Å². The number of carbonyl (C=O) groups is 1. The van der Waals surface area contributed by atoms with E-state index in [4.69, 9.17) is 21.3 Å². The summed E-state index contributed by atoms with van der Waals surface area (Å²) in [5, 5.41) is 8.70. The highest BCUT2D eigenvalue weighted by Crippen LogP contribution is 2.38. The molecule has 0 spiro atoms. The molecule has 0 fully saturated rings. The van der Waals surface area contributed by atoms with Gasteiger partial charge in [0.2, 0.25) is 0 Å². The van der Waals surface area contributed by atoms with Crippen molar-refractivity contribution < 1.29 is 22.4 Å². The minimum atomic E-state index is -4.61. The average Bonchev–Trinajstić information content (AvgIpc) is 2.84. The van der Waals surface area contributed by atoms with Gasteiger partial charge in [0.1, 0.15) is 5.76 Å². The van der Waals surface area contributed by atoms with Gasteiger partial charge >= 0.3 is 6.18 Å². The van der Waals surface area contributed by atoms with Gasteiger partial charge in [0.15, 0.2) is 12.0 Å². The van der Waals surface area contributed by atoms with E-state index in [2.05, 4.69) is 0 Å². The second-order valence-electron chi connectivity index (χ2n) is 3.81. The molecule has 1 aromatic carbocycles. The lowest BCUT2D eigenvalue weighted by Crippen LogP contribution is -2.06. The van der Waals surface area contributed by atoms with Gasteiger partial charge in [-0.05, 0) is 24.3 Å². The summed E-state index contributed by atoms with van der Waals surface area (Å²) < 4.78 is 43.0. The van der Waals surface area contributed by atoms with Crippen molar-refractivity contribution >= 4 is 17.9 Å². The third-order valence-corrected chi connectivity index (χ3v) is 2.83. The normalized spacial score (nSPS) is 11.2. The topological polar surface area (TPSA) is 54.0 Å². The van der Waals surface area contributed by atoms with Crippen LogP contribution in [-0.4, -0.2) is 6.29 Å². The minimum Gasteiger partial charge on any atom is -0.453 e. The van der Waals surface area contributed by atoms with Gasteiger partial charge in [0.05, 0.1) is 27.8 Å². The molecule has 102 valence electrons. The Balaban J connectivity index is 2.65. The van der Waals surface area contributed by atoms with Crippen LogP contribution in [0.3, 0.4) is 0 Å². The van der Waals surface area contributed by atoms with E-state index in [1.54, 1.807) is 6.07 Å². The standard InChI is InChI=1S/C13H5ClF3NO2/c14-10-4-8(13(15,16)17)3-7(5-18)12(10)11-2-1-9(6-19)20-11/h1-4,6H. The van der Waals surface area contributed by atoms with Gasteiger partial charge in [-0.3, -0.25) is 4.79 Å². The molecule has 0 atom stereocenters. The van der Waals surface area contributed by atoms with Gasteiger partial charge in [-0.25, -0.2) is 0 Å². The fourth-order valence-electron chi connectivity index (χ4n) is 1.66. The van der Waals surface area contributed by atoms with Crippen LogP contribution in [0.4, 0.5) is 13.2 Å². The summed E-state index contributed by atoms with van der Waals surface area (Å²) in [5.74, 6) is 0.0437. The van der Waals surface area contributed by atoms with Crippen LogP contribution < -0.4 is 0 Å². The number of alkyl halides is 3. The molecule has 0 saturated carbocycles. The first-order chi connectivity index (χ1) is 9.36. The molecule has 1 aromatic heterocycles. The van der Waals surface area contributed by atoms with Gasteiger partial charge in [-0.2, -0.15) is 18.4 Å².